The molecule has 0 saturated carbocycles. The van der Waals surface area contributed by atoms with Crippen molar-refractivity contribution in [1.29, 1.82) is 0 Å². The van der Waals surface area contributed by atoms with Crippen LogP contribution in [0, 0.1) is 0 Å². The molecular weight excluding hydrogens is 192 g/mol. The molecule has 0 spiro atoms. The van der Waals surface area contributed by atoms with Gasteiger partial charge in [-0.2, -0.15) is 0 Å². The van der Waals surface area contributed by atoms with Crippen LogP contribution in [-0.4, -0.2) is 29.3 Å². The number of rotatable bonds is 3. The first kappa shape index (κ1) is 10.4. The smallest absolute Gasteiger partial charge is 0.211 e. The molecule has 1 aromatic rings. The maximum Gasteiger partial charge on any atom is 0.211 e. The summed E-state index contributed by atoms with van der Waals surface area (Å²) in [4.78, 5) is 17.4. The highest BCUT2D eigenvalue weighted by molar-refractivity contribution is 5.77. The maximum atomic E-state index is 10.9. The molecule has 1 aromatic heterocycles. The fraction of sp³-hybridized carbons (Fsp3) is 0.636. The van der Waals surface area contributed by atoms with Crippen molar-refractivity contribution in [2.75, 3.05) is 13.6 Å². The van der Waals surface area contributed by atoms with Crippen LogP contribution in [0.25, 0.3) is 0 Å². The van der Waals surface area contributed by atoms with Gasteiger partial charge in [0.15, 0.2) is 0 Å². The van der Waals surface area contributed by atoms with Crippen LogP contribution < -0.4 is 0 Å². The van der Waals surface area contributed by atoms with Crippen molar-refractivity contribution in [2.45, 2.75) is 32.2 Å². The van der Waals surface area contributed by atoms with Crippen molar-refractivity contribution in [3.8, 4) is 0 Å². The number of hydrogen-bond acceptors (Lipinski definition) is 4. The van der Waals surface area contributed by atoms with E-state index in [9.17, 15) is 4.79 Å². The minimum absolute atomic E-state index is 0.109. The van der Waals surface area contributed by atoms with Gasteiger partial charge in [-0.05, 0) is 33.4 Å². The van der Waals surface area contributed by atoms with Crippen LogP contribution in [0.3, 0.4) is 0 Å². The molecule has 0 aliphatic carbocycles. The summed E-state index contributed by atoms with van der Waals surface area (Å²) in [6, 6.07) is 0.297. The van der Waals surface area contributed by atoms with E-state index in [1.54, 1.807) is 13.1 Å². The van der Waals surface area contributed by atoms with E-state index in [4.69, 9.17) is 4.42 Å². The van der Waals surface area contributed by atoms with Crippen molar-refractivity contribution in [2.24, 2.45) is 0 Å². The number of carbonyl (C=O) groups is 1. The van der Waals surface area contributed by atoms with Gasteiger partial charge in [-0.1, -0.05) is 0 Å². The molecule has 0 bridgehead atoms. The van der Waals surface area contributed by atoms with Gasteiger partial charge in [0.25, 0.3) is 0 Å². The minimum Gasteiger partial charge on any atom is -0.444 e. The summed E-state index contributed by atoms with van der Waals surface area (Å²) in [6.07, 6.45) is 4.30. The van der Waals surface area contributed by atoms with Crippen LogP contribution in [0.5, 0.6) is 0 Å². The Morgan fingerprint density at radius 2 is 2.53 bits per heavy atom. The summed E-state index contributed by atoms with van der Waals surface area (Å²) < 4.78 is 5.58. The number of likely N-dealkylation sites (tertiary alicyclic amines) is 1. The molecule has 1 atom stereocenters. The highest BCUT2D eigenvalue weighted by Gasteiger charge is 2.26. The van der Waals surface area contributed by atoms with Crippen LogP contribution >= 0.6 is 0 Å². The molecule has 2 rings (SSSR count). The van der Waals surface area contributed by atoms with Gasteiger partial charge in [0.1, 0.15) is 11.5 Å². The van der Waals surface area contributed by atoms with Crippen LogP contribution in [0.2, 0.25) is 0 Å². The highest BCUT2D eigenvalue weighted by atomic mass is 16.4. The van der Waals surface area contributed by atoms with E-state index in [1.165, 1.54) is 6.42 Å². The van der Waals surface area contributed by atoms with Gasteiger partial charge in [-0.3, -0.25) is 9.69 Å². The predicted molar refractivity (Wildman–Crippen MR) is 55.5 cm³/mol. The predicted octanol–water partition coefficient (Wildman–Crippen LogP) is 1.57. The number of ketones is 1. The standard InChI is InChI=1S/C11H16N2O2/c1-8(14)6-9-7-12-11(15-9)10-4-3-5-13(10)2/h7,10H,3-6H2,1-2H3. The number of aromatic nitrogens is 1. The largest absolute Gasteiger partial charge is 0.444 e. The molecule has 1 saturated heterocycles. The summed E-state index contributed by atoms with van der Waals surface area (Å²) in [5, 5.41) is 0. The van der Waals surface area contributed by atoms with Crippen molar-refractivity contribution < 1.29 is 9.21 Å². The Morgan fingerprint density at radius 1 is 1.73 bits per heavy atom. The summed E-state index contributed by atoms with van der Waals surface area (Å²) in [7, 11) is 2.08. The molecule has 15 heavy (non-hydrogen) atoms. The SMILES string of the molecule is CC(=O)Cc1cnc(C2CCCN2C)o1. The fourth-order valence-electron chi connectivity index (χ4n) is 2.03. The van der Waals surface area contributed by atoms with Gasteiger partial charge >= 0.3 is 0 Å². The van der Waals surface area contributed by atoms with E-state index in [0.717, 1.165) is 18.9 Å². The third kappa shape index (κ3) is 2.26. The molecule has 0 amide bonds. The monoisotopic (exact) mass is 208 g/mol. The summed E-state index contributed by atoms with van der Waals surface area (Å²) in [5.74, 6) is 1.54. The Bertz CT molecular complexity index is 359. The number of Topliss-reactive ketones (excluding diaryl/α,β-unsaturated/α-hetero) is 1. The van der Waals surface area contributed by atoms with Gasteiger partial charge in [0, 0.05) is 0 Å². The fourth-order valence-corrected chi connectivity index (χ4v) is 2.03. The van der Waals surface area contributed by atoms with Crippen LogP contribution in [0.4, 0.5) is 0 Å². The quantitative estimate of drug-likeness (QED) is 0.756. The van der Waals surface area contributed by atoms with E-state index in [0.29, 0.717) is 18.2 Å². The molecule has 4 heteroatoms. The molecule has 82 valence electrons. The van der Waals surface area contributed by atoms with Gasteiger partial charge in [0.05, 0.1) is 18.7 Å². The second-order valence-corrected chi connectivity index (χ2v) is 4.18. The van der Waals surface area contributed by atoms with E-state index < -0.39 is 0 Å². The lowest BCUT2D eigenvalue weighted by atomic mass is 10.2. The summed E-state index contributed by atoms with van der Waals surface area (Å²) in [6.45, 7) is 2.65. The van der Waals surface area contributed by atoms with E-state index in [-0.39, 0.29) is 5.78 Å². The average molecular weight is 208 g/mol. The normalized spacial score (nSPS) is 22.1. The molecule has 0 aromatic carbocycles. The molecule has 0 N–H and O–H groups in total. The van der Waals surface area contributed by atoms with E-state index in [1.807, 2.05) is 0 Å². The Morgan fingerprint density at radius 3 is 3.13 bits per heavy atom. The lowest BCUT2D eigenvalue weighted by Gasteiger charge is -2.15. The first-order valence-electron chi connectivity index (χ1n) is 5.31. The maximum absolute atomic E-state index is 10.9. The summed E-state index contributed by atoms with van der Waals surface area (Å²) in [5.41, 5.74) is 0. The van der Waals surface area contributed by atoms with Gasteiger partial charge in [-0.25, -0.2) is 4.98 Å². The molecule has 1 aliphatic heterocycles. The van der Waals surface area contributed by atoms with Gasteiger partial charge in [0.2, 0.25) is 5.89 Å². The van der Waals surface area contributed by atoms with Crippen molar-refractivity contribution >= 4 is 5.78 Å². The Hall–Kier alpha value is -1.16. The summed E-state index contributed by atoms with van der Waals surface area (Å²) >= 11 is 0. The number of oxazole rings is 1. The lowest BCUT2D eigenvalue weighted by molar-refractivity contribution is -0.116. The Labute approximate surface area is 89.3 Å². The third-order valence-electron chi connectivity index (χ3n) is 2.80. The first-order valence-corrected chi connectivity index (χ1v) is 5.31. The van der Waals surface area contributed by atoms with Crippen molar-refractivity contribution in [1.82, 2.24) is 9.88 Å². The topological polar surface area (TPSA) is 46.3 Å². The Balaban J connectivity index is 2.09. The molecule has 1 unspecified atom stereocenters. The molecule has 4 nitrogen and oxygen atoms in total. The van der Waals surface area contributed by atoms with Crippen molar-refractivity contribution in [3.63, 3.8) is 0 Å². The van der Waals surface area contributed by atoms with Crippen LogP contribution in [-0.2, 0) is 11.2 Å². The zero-order chi connectivity index (χ0) is 10.8. The van der Waals surface area contributed by atoms with Gasteiger partial charge < -0.3 is 4.42 Å². The molecule has 1 fully saturated rings. The zero-order valence-electron chi connectivity index (χ0n) is 9.19. The molecule has 0 radical (unpaired) electrons. The van der Waals surface area contributed by atoms with Crippen LogP contribution in [0.15, 0.2) is 10.6 Å². The lowest BCUT2D eigenvalue weighted by Crippen LogP contribution is -2.17. The first-order chi connectivity index (χ1) is 7.16. The number of hydrogen-bond donors (Lipinski definition) is 0. The van der Waals surface area contributed by atoms with E-state index in [2.05, 4.69) is 16.9 Å². The van der Waals surface area contributed by atoms with Crippen LogP contribution in [0.1, 0.15) is 37.5 Å². The van der Waals surface area contributed by atoms with Crippen molar-refractivity contribution in [3.05, 3.63) is 17.8 Å². The number of carbonyl (C=O) groups excluding carboxylic acids is 1. The average Bonchev–Trinajstić information content (AvgIpc) is 2.72. The Kier molecular flexibility index (Phi) is 2.86. The second-order valence-electron chi connectivity index (χ2n) is 4.18. The van der Waals surface area contributed by atoms with Gasteiger partial charge in [-0.15, -0.1) is 0 Å². The molecule has 1 aliphatic rings. The minimum atomic E-state index is 0.109. The van der Waals surface area contributed by atoms with E-state index >= 15 is 0 Å². The third-order valence-corrected chi connectivity index (χ3v) is 2.80. The highest BCUT2D eigenvalue weighted by Crippen LogP contribution is 2.29. The zero-order valence-corrected chi connectivity index (χ0v) is 9.19. The number of nitrogens with zero attached hydrogens (tertiary/aromatic N) is 2. The second kappa shape index (κ2) is 4.14. The molecular formula is C11H16N2O2. The molecule has 2 heterocycles.